The average Bonchev–Trinajstić information content (AvgIpc) is 2.17. The van der Waals surface area contributed by atoms with Crippen molar-refractivity contribution in [3.63, 3.8) is 0 Å². The summed E-state index contributed by atoms with van der Waals surface area (Å²) in [5, 5.41) is 1.16. The number of fused-ring (bicyclic) bond motifs is 1. The van der Waals surface area contributed by atoms with Gasteiger partial charge in [-0.05, 0) is 24.6 Å². The Hall–Kier alpha value is -1.41. The van der Waals surface area contributed by atoms with E-state index in [1.807, 2.05) is 25.1 Å². The van der Waals surface area contributed by atoms with Crippen LogP contribution in [0, 0.1) is 0 Å². The molecule has 1 atom stereocenters. The Kier molecular flexibility index (Phi) is 1.99. The van der Waals surface area contributed by atoms with Crippen molar-refractivity contribution in [2.24, 2.45) is 5.73 Å². The minimum absolute atomic E-state index is 0.0754. The van der Waals surface area contributed by atoms with Crippen LogP contribution in [0.1, 0.15) is 18.5 Å². The van der Waals surface area contributed by atoms with Gasteiger partial charge in [0.05, 0.1) is 5.52 Å². The highest BCUT2D eigenvalue weighted by atomic mass is 14.7. The maximum atomic E-state index is 5.78. The number of rotatable bonds is 1. The largest absolute Gasteiger partial charge is 0.324 e. The van der Waals surface area contributed by atoms with Crippen LogP contribution in [0.2, 0.25) is 0 Å². The van der Waals surface area contributed by atoms with Crippen LogP contribution in [0.15, 0.2) is 36.5 Å². The molecule has 1 aromatic heterocycles. The number of hydrogen-bond donors (Lipinski definition) is 1. The molecule has 1 aromatic carbocycles. The lowest BCUT2D eigenvalue weighted by atomic mass is 10.1. The summed E-state index contributed by atoms with van der Waals surface area (Å²) in [5.41, 5.74) is 7.92. The zero-order valence-corrected chi connectivity index (χ0v) is 7.57. The number of hydrogen-bond acceptors (Lipinski definition) is 2. The van der Waals surface area contributed by atoms with Crippen molar-refractivity contribution in [3.8, 4) is 0 Å². The predicted molar refractivity (Wildman–Crippen MR) is 54.3 cm³/mol. The molecule has 0 aliphatic carbocycles. The second kappa shape index (κ2) is 3.15. The molecule has 0 radical (unpaired) electrons. The van der Waals surface area contributed by atoms with Gasteiger partial charge < -0.3 is 5.73 Å². The second-order valence-electron chi connectivity index (χ2n) is 3.24. The first-order chi connectivity index (χ1) is 6.27. The van der Waals surface area contributed by atoms with Crippen LogP contribution in [0.5, 0.6) is 0 Å². The van der Waals surface area contributed by atoms with Crippen LogP contribution < -0.4 is 5.73 Å². The van der Waals surface area contributed by atoms with Gasteiger partial charge in [0.2, 0.25) is 0 Å². The highest BCUT2D eigenvalue weighted by molar-refractivity contribution is 5.78. The molecule has 0 aliphatic rings. The van der Waals surface area contributed by atoms with Gasteiger partial charge in [-0.25, -0.2) is 0 Å². The number of aromatic nitrogens is 1. The molecule has 0 aliphatic heterocycles. The smallest absolute Gasteiger partial charge is 0.0705 e. The molecule has 0 fully saturated rings. The van der Waals surface area contributed by atoms with E-state index in [2.05, 4.69) is 17.1 Å². The van der Waals surface area contributed by atoms with Gasteiger partial charge in [0, 0.05) is 17.6 Å². The maximum absolute atomic E-state index is 5.78. The summed E-state index contributed by atoms with van der Waals surface area (Å²) in [6.45, 7) is 1.98. The first-order valence-corrected chi connectivity index (χ1v) is 4.37. The number of benzene rings is 1. The summed E-state index contributed by atoms with van der Waals surface area (Å²) in [5.74, 6) is 0. The third-order valence-corrected chi connectivity index (χ3v) is 2.16. The SMILES string of the molecule is C[C@@H](N)c1ccc2cccnc2c1. The first-order valence-electron chi connectivity index (χ1n) is 4.37. The molecule has 2 aromatic rings. The van der Waals surface area contributed by atoms with Crippen LogP contribution in [0.4, 0.5) is 0 Å². The van der Waals surface area contributed by atoms with E-state index in [-0.39, 0.29) is 6.04 Å². The van der Waals surface area contributed by atoms with E-state index in [9.17, 15) is 0 Å². The number of pyridine rings is 1. The van der Waals surface area contributed by atoms with Gasteiger partial charge in [0.15, 0.2) is 0 Å². The fraction of sp³-hybridized carbons (Fsp3) is 0.182. The Labute approximate surface area is 77.4 Å². The number of nitrogens with zero attached hydrogens (tertiary/aromatic N) is 1. The molecule has 0 saturated carbocycles. The third-order valence-electron chi connectivity index (χ3n) is 2.16. The summed E-state index contributed by atoms with van der Waals surface area (Å²) < 4.78 is 0. The third kappa shape index (κ3) is 1.53. The monoisotopic (exact) mass is 172 g/mol. The minimum atomic E-state index is 0.0754. The standard InChI is InChI=1S/C11H12N2/c1-8(12)10-5-4-9-3-2-6-13-11(9)7-10/h2-8H,12H2,1H3/t8-/m1/s1. The molecule has 0 saturated heterocycles. The van der Waals surface area contributed by atoms with Crippen LogP contribution in [0.3, 0.4) is 0 Å². The van der Waals surface area contributed by atoms with Crippen molar-refractivity contribution in [3.05, 3.63) is 42.1 Å². The van der Waals surface area contributed by atoms with E-state index in [0.717, 1.165) is 16.5 Å². The zero-order valence-electron chi connectivity index (χ0n) is 7.57. The van der Waals surface area contributed by atoms with E-state index in [0.29, 0.717) is 0 Å². The minimum Gasteiger partial charge on any atom is -0.324 e. The summed E-state index contributed by atoms with van der Waals surface area (Å²) in [4.78, 5) is 4.27. The Bertz CT molecular complexity index is 421. The molecule has 66 valence electrons. The van der Waals surface area contributed by atoms with Crippen LogP contribution in [-0.4, -0.2) is 4.98 Å². The normalized spacial score (nSPS) is 13.1. The van der Waals surface area contributed by atoms with Gasteiger partial charge in [-0.2, -0.15) is 0 Å². The van der Waals surface area contributed by atoms with Crippen molar-refractivity contribution >= 4 is 10.9 Å². The van der Waals surface area contributed by atoms with Crippen molar-refractivity contribution in [2.75, 3.05) is 0 Å². The highest BCUT2D eigenvalue weighted by Crippen LogP contribution is 2.16. The molecule has 13 heavy (non-hydrogen) atoms. The van der Waals surface area contributed by atoms with E-state index >= 15 is 0 Å². The molecule has 2 heteroatoms. The summed E-state index contributed by atoms with van der Waals surface area (Å²) in [6.07, 6.45) is 1.80. The topological polar surface area (TPSA) is 38.9 Å². The predicted octanol–water partition coefficient (Wildman–Crippen LogP) is 2.25. The molecule has 1 heterocycles. The van der Waals surface area contributed by atoms with Gasteiger partial charge in [-0.3, -0.25) is 4.98 Å². The Balaban J connectivity index is 2.62. The van der Waals surface area contributed by atoms with E-state index in [1.54, 1.807) is 6.20 Å². The molecule has 0 spiro atoms. The van der Waals surface area contributed by atoms with Gasteiger partial charge in [0.25, 0.3) is 0 Å². The lowest BCUT2D eigenvalue weighted by molar-refractivity contribution is 0.819. The fourth-order valence-corrected chi connectivity index (χ4v) is 1.37. The van der Waals surface area contributed by atoms with Gasteiger partial charge in [-0.1, -0.05) is 18.2 Å². The van der Waals surface area contributed by atoms with E-state index in [1.165, 1.54) is 0 Å². The Morgan fingerprint density at radius 1 is 1.31 bits per heavy atom. The summed E-state index contributed by atoms with van der Waals surface area (Å²) >= 11 is 0. The fourth-order valence-electron chi connectivity index (χ4n) is 1.37. The van der Waals surface area contributed by atoms with Crippen LogP contribution in [0.25, 0.3) is 10.9 Å². The Morgan fingerprint density at radius 3 is 2.92 bits per heavy atom. The molecular weight excluding hydrogens is 160 g/mol. The van der Waals surface area contributed by atoms with Crippen molar-refractivity contribution in [2.45, 2.75) is 13.0 Å². The molecule has 2 rings (SSSR count). The quantitative estimate of drug-likeness (QED) is 0.716. The number of nitrogens with two attached hydrogens (primary N) is 1. The zero-order chi connectivity index (χ0) is 9.26. The van der Waals surface area contributed by atoms with Gasteiger partial charge >= 0.3 is 0 Å². The molecule has 2 N–H and O–H groups in total. The van der Waals surface area contributed by atoms with Crippen molar-refractivity contribution < 1.29 is 0 Å². The second-order valence-corrected chi connectivity index (χ2v) is 3.24. The van der Waals surface area contributed by atoms with Crippen LogP contribution >= 0.6 is 0 Å². The van der Waals surface area contributed by atoms with Crippen LogP contribution in [-0.2, 0) is 0 Å². The highest BCUT2D eigenvalue weighted by Gasteiger charge is 2.00. The Morgan fingerprint density at radius 2 is 2.15 bits per heavy atom. The lowest BCUT2D eigenvalue weighted by Gasteiger charge is -2.05. The molecule has 0 unspecified atom stereocenters. The van der Waals surface area contributed by atoms with Gasteiger partial charge in [0.1, 0.15) is 0 Å². The molecule has 0 bridgehead atoms. The molecule has 0 amide bonds. The van der Waals surface area contributed by atoms with E-state index in [4.69, 9.17) is 5.73 Å². The maximum Gasteiger partial charge on any atom is 0.0705 e. The first kappa shape index (κ1) is 8.20. The summed E-state index contributed by atoms with van der Waals surface area (Å²) in [6, 6.07) is 10.2. The van der Waals surface area contributed by atoms with E-state index < -0.39 is 0 Å². The summed E-state index contributed by atoms with van der Waals surface area (Å²) in [7, 11) is 0. The van der Waals surface area contributed by atoms with Gasteiger partial charge in [-0.15, -0.1) is 0 Å². The van der Waals surface area contributed by atoms with Crippen molar-refractivity contribution in [1.82, 2.24) is 4.98 Å². The average molecular weight is 172 g/mol. The molecule has 2 nitrogen and oxygen atoms in total. The lowest BCUT2D eigenvalue weighted by Crippen LogP contribution is -2.04. The van der Waals surface area contributed by atoms with Crippen molar-refractivity contribution in [1.29, 1.82) is 0 Å². The molecular formula is C11H12N2.